The molecule has 2 N–H and O–H groups in total. The highest BCUT2D eigenvalue weighted by molar-refractivity contribution is 5.87. The maximum Gasteiger partial charge on any atom is 0.356 e. The van der Waals surface area contributed by atoms with E-state index >= 15 is 0 Å². The first-order valence-electron chi connectivity index (χ1n) is 5.61. The minimum absolute atomic E-state index is 0.0365. The second-order valence-electron chi connectivity index (χ2n) is 3.59. The molecule has 0 saturated heterocycles. The van der Waals surface area contributed by atoms with E-state index in [2.05, 4.69) is 15.0 Å². The van der Waals surface area contributed by atoms with E-state index in [1.165, 1.54) is 18.2 Å². The topological polar surface area (TPSA) is 128 Å². The van der Waals surface area contributed by atoms with Gasteiger partial charge in [-0.15, -0.1) is 0 Å². The van der Waals surface area contributed by atoms with Gasteiger partial charge in [0, 0.05) is 4.91 Å². The van der Waals surface area contributed by atoms with Crippen LogP contribution in [0, 0.1) is 0 Å². The lowest BCUT2D eigenvalue weighted by Gasteiger charge is -2.15. The second kappa shape index (κ2) is 7.32. The Balaban J connectivity index is 2.86. The molecule has 0 aromatic carbocycles. The number of azide groups is 1. The van der Waals surface area contributed by atoms with Crippen molar-refractivity contribution in [3.8, 4) is 0 Å². The number of esters is 1. The highest BCUT2D eigenvalue weighted by Gasteiger charge is 2.20. The lowest BCUT2D eigenvalue weighted by molar-refractivity contribution is 0.0214. The first-order chi connectivity index (χ1) is 9.10. The summed E-state index contributed by atoms with van der Waals surface area (Å²) in [6.07, 6.45) is -2.64. The molecule has 8 heteroatoms. The summed E-state index contributed by atoms with van der Waals surface area (Å²) < 4.78 is 4.78. The van der Waals surface area contributed by atoms with Crippen LogP contribution < -0.4 is 0 Å². The molecule has 1 heterocycles. The van der Waals surface area contributed by atoms with Gasteiger partial charge in [-0.25, -0.2) is 9.78 Å². The van der Waals surface area contributed by atoms with Crippen LogP contribution in [0.25, 0.3) is 10.4 Å². The Labute approximate surface area is 109 Å². The zero-order valence-electron chi connectivity index (χ0n) is 10.3. The van der Waals surface area contributed by atoms with Crippen molar-refractivity contribution >= 4 is 5.97 Å². The monoisotopic (exact) mass is 266 g/mol. The number of carbonyl (C=O) groups excluding carboxylic acids is 1. The van der Waals surface area contributed by atoms with Crippen LogP contribution in [0.1, 0.15) is 29.2 Å². The van der Waals surface area contributed by atoms with Gasteiger partial charge in [-0.3, -0.25) is 0 Å². The summed E-state index contributed by atoms with van der Waals surface area (Å²) in [4.78, 5) is 17.8. The molecule has 2 atom stereocenters. The largest absolute Gasteiger partial charge is 0.461 e. The van der Waals surface area contributed by atoms with Gasteiger partial charge in [0.15, 0.2) is 0 Å². The Hall–Kier alpha value is -2.15. The van der Waals surface area contributed by atoms with Gasteiger partial charge in [-0.2, -0.15) is 0 Å². The molecular formula is C11H14N4O4. The summed E-state index contributed by atoms with van der Waals surface area (Å²) in [5.41, 5.74) is 8.27. The molecule has 0 aliphatic heterocycles. The quantitative estimate of drug-likeness (QED) is 0.343. The van der Waals surface area contributed by atoms with Crippen molar-refractivity contribution in [3.63, 3.8) is 0 Å². The summed E-state index contributed by atoms with van der Waals surface area (Å²) in [5, 5.41) is 22.5. The molecule has 0 saturated carbocycles. The van der Waals surface area contributed by atoms with E-state index in [1.807, 2.05) is 0 Å². The van der Waals surface area contributed by atoms with Crippen molar-refractivity contribution in [1.29, 1.82) is 0 Å². The molecule has 1 aromatic rings. The third-order valence-electron chi connectivity index (χ3n) is 2.25. The Morgan fingerprint density at radius 2 is 2.32 bits per heavy atom. The molecule has 0 radical (unpaired) electrons. The van der Waals surface area contributed by atoms with Crippen LogP contribution in [0.2, 0.25) is 0 Å². The maximum absolute atomic E-state index is 11.5. The molecular weight excluding hydrogens is 252 g/mol. The van der Waals surface area contributed by atoms with Gasteiger partial charge in [-0.05, 0) is 24.6 Å². The number of aromatic nitrogens is 1. The summed E-state index contributed by atoms with van der Waals surface area (Å²) in [5.74, 6) is -0.610. The Kier molecular flexibility index (Phi) is 5.74. The highest BCUT2D eigenvalue weighted by Crippen LogP contribution is 2.15. The number of hydrogen-bond acceptors (Lipinski definition) is 6. The van der Waals surface area contributed by atoms with Crippen molar-refractivity contribution in [2.45, 2.75) is 19.1 Å². The predicted octanol–water partition coefficient (Wildman–Crippen LogP) is 0.963. The van der Waals surface area contributed by atoms with Crippen molar-refractivity contribution in [3.05, 3.63) is 40.0 Å². The highest BCUT2D eigenvalue weighted by atomic mass is 16.5. The molecule has 0 amide bonds. The fourth-order valence-corrected chi connectivity index (χ4v) is 1.35. The molecule has 2 unspecified atom stereocenters. The van der Waals surface area contributed by atoms with Crippen LogP contribution in [0.4, 0.5) is 0 Å². The zero-order valence-corrected chi connectivity index (χ0v) is 10.3. The van der Waals surface area contributed by atoms with E-state index in [0.717, 1.165) is 0 Å². The average molecular weight is 266 g/mol. The lowest BCUT2D eigenvalue weighted by atomic mass is 10.1. The zero-order chi connectivity index (χ0) is 14.3. The van der Waals surface area contributed by atoms with Crippen molar-refractivity contribution < 1.29 is 19.7 Å². The first kappa shape index (κ1) is 14.9. The number of aliphatic hydroxyl groups is 2. The fourth-order valence-electron chi connectivity index (χ4n) is 1.35. The molecule has 0 fully saturated rings. The normalized spacial score (nSPS) is 13.2. The number of hydrogen-bond donors (Lipinski definition) is 2. The molecule has 19 heavy (non-hydrogen) atoms. The number of nitrogens with zero attached hydrogens (tertiary/aromatic N) is 4. The van der Waals surface area contributed by atoms with Crippen molar-refractivity contribution in [2.75, 3.05) is 13.2 Å². The van der Waals surface area contributed by atoms with Gasteiger partial charge >= 0.3 is 5.97 Å². The molecule has 0 bridgehead atoms. The van der Waals surface area contributed by atoms with Gasteiger partial charge in [0.05, 0.1) is 24.9 Å². The molecule has 102 valence electrons. The first-order valence-corrected chi connectivity index (χ1v) is 5.61. The summed E-state index contributed by atoms with van der Waals surface area (Å²) in [6.45, 7) is 1.59. The van der Waals surface area contributed by atoms with E-state index in [1.54, 1.807) is 6.92 Å². The van der Waals surface area contributed by atoms with E-state index in [-0.39, 0.29) is 24.5 Å². The Bertz CT molecular complexity index is 487. The molecule has 0 aliphatic carbocycles. The van der Waals surface area contributed by atoms with Crippen LogP contribution in [-0.4, -0.2) is 40.4 Å². The van der Waals surface area contributed by atoms with Crippen LogP contribution >= 0.6 is 0 Å². The van der Waals surface area contributed by atoms with E-state index in [9.17, 15) is 15.0 Å². The van der Waals surface area contributed by atoms with E-state index in [0.29, 0.717) is 0 Å². The Morgan fingerprint density at radius 3 is 2.95 bits per heavy atom. The number of pyridine rings is 1. The Morgan fingerprint density at radius 1 is 1.58 bits per heavy atom. The van der Waals surface area contributed by atoms with Gasteiger partial charge in [-0.1, -0.05) is 11.2 Å². The van der Waals surface area contributed by atoms with Crippen LogP contribution in [-0.2, 0) is 4.74 Å². The molecule has 1 rings (SSSR count). The third-order valence-corrected chi connectivity index (χ3v) is 2.25. The third kappa shape index (κ3) is 4.22. The molecule has 0 spiro atoms. The minimum Gasteiger partial charge on any atom is -0.461 e. The minimum atomic E-state index is -1.35. The standard InChI is InChI=1S/C11H14N4O4/c1-2-19-11(18)8-5-3-4-7(14-8)10(17)9(16)6-13-15-12/h3-5,9-10,16-17H,2,6H2,1H3. The van der Waals surface area contributed by atoms with Crippen LogP contribution in [0.15, 0.2) is 23.3 Å². The molecule has 1 aromatic heterocycles. The van der Waals surface area contributed by atoms with E-state index in [4.69, 9.17) is 10.3 Å². The van der Waals surface area contributed by atoms with Crippen LogP contribution in [0.5, 0.6) is 0 Å². The number of rotatable bonds is 6. The van der Waals surface area contributed by atoms with Gasteiger partial charge in [0.1, 0.15) is 11.8 Å². The van der Waals surface area contributed by atoms with Crippen molar-refractivity contribution in [2.24, 2.45) is 5.11 Å². The smallest absolute Gasteiger partial charge is 0.356 e. The number of aliphatic hydroxyl groups excluding tert-OH is 2. The summed E-state index contributed by atoms with van der Waals surface area (Å²) in [7, 11) is 0. The molecule has 0 aliphatic rings. The predicted molar refractivity (Wildman–Crippen MR) is 65.2 cm³/mol. The lowest BCUT2D eigenvalue weighted by Crippen LogP contribution is -2.22. The maximum atomic E-state index is 11.5. The van der Waals surface area contributed by atoms with Gasteiger partial charge in [0.2, 0.25) is 0 Å². The van der Waals surface area contributed by atoms with Crippen LogP contribution in [0.3, 0.4) is 0 Å². The fraction of sp³-hybridized carbons (Fsp3) is 0.455. The average Bonchev–Trinajstić information content (AvgIpc) is 2.44. The summed E-state index contributed by atoms with van der Waals surface area (Å²) in [6, 6.07) is 4.40. The molecule has 8 nitrogen and oxygen atoms in total. The second-order valence-corrected chi connectivity index (χ2v) is 3.59. The van der Waals surface area contributed by atoms with Crippen molar-refractivity contribution in [1.82, 2.24) is 4.98 Å². The number of ether oxygens (including phenoxy) is 1. The van der Waals surface area contributed by atoms with E-state index < -0.39 is 18.2 Å². The number of carbonyl (C=O) groups is 1. The SMILES string of the molecule is CCOC(=O)c1cccc(C(O)C(O)CN=[N+]=[N-])n1. The van der Waals surface area contributed by atoms with Gasteiger partial charge in [0.25, 0.3) is 0 Å². The summed E-state index contributed by atoms with van der Waals surface area (Å²) >= 11 is 0. The van der Waals surface area contributed by atoms with Gasteiger partial charge < -0.3 is 14.9 Å².